The molecule has 2 aromatic rings. The van der Waals surface area contributed by atoms with Crippen molar-refractivity contribution in [3.8, 4) is 11.1 Å². The van der Waals surface area contributed by atoms with Gasteiger partial charge in [-0.05, 0) is 47.9 Å². The molecular formula is C26H28N2O6. The molecule has 3 N–H and O–H groups in total. The van der Waals surface area contributed by atoms with Crippen molar-refractivity contribution < 1.29 is 29.0 Å². The highest BCUT2D eigenvalue weighted by Crippen LogP contribution is 2.44. The lowest BCUT2D eigenvalue weighted by molar-refractivity contribution is -0.141. The lowest BCUT2D eigenvalue weighted by Gasteiger charge is -2.42. The van der Waals surface area contributed by atoms with Gasteiger partial charge in [-0.2, -0.15) is 0 Å². The van der Waals surface area contributed by atoms with Crippen LogP contribution in [0.1, 0.15) is 49.1 Å². The first kappa shape index (κ1) is 22.4. The fourth-order valence-corrected chi connectivity index (χ4v) is 5.36. The van der Waals surface area contributed by atoms with E-state index in [0.29, 0.717) is 25.9 Å². The Hall–Kier alpha value is -3.39. The smallest absolute Gasteiger partial charge is 0.407 e. The van der Waals surface area contributed by atoms with Gasteiger partial charge in [0, 0.05) is 12.5 Å². The molecule has 2 aliphatic carbocycles. The van der Waals surface area contributed by atoms with Crippen molar-refractivity contribution in [1.29, 1.82) is 0 Å². The molecule has 2 amide bonds. The van der Waals surface area contributed by atoms with E-state index in [1.807, 2.05) is 24.3 Å². The molecule has 2 fully saturated rings. The summed E-state index contributed by atoms with van der Waals surface area (Å²) in [6.45, 7) is 0.518. The number of fused-ring (bicyclic) bond motifs is 3. The van der Waals surface area contributed by atoms with E-state index in [4.69, 9.17) is 9.47 Å². The van der Waals surface area contributed by atoms with Crippen LogP contribution in [-0.2, 0) is 19.1 Å². The fraction of sp³-hybridized carbons (Fsp3) is 0.423. The maximum atomic E-state index is 12.8. The third-order valence-electron chi connectivity index (χ3n) is 7.19. The van der Waals surface area contributed by atoms with Gasteiger partial charge in [0.1, 0.15) is 6.61 Å². The minimum atomic E-state index is -0.944. The van der Waals surface area contributed by atoms with Crippen molar-refractivity contribution in [2.75, 3.05) is 13.2 Å². The zero-order valence-electron chi connectivity index (χ0n) is 18.8. The number of carbonyl (C=O) groups excluding carboxylic acids is 2. The first-order valence-electron chi connectivity index (χ1n) is 11.7. The summed E-state index contributed by atoms with van der Waals surface area (Å²) in [5.41, 5.74) is 3.84. The molecule has 1 saturated heterocycles. The van der Waals surface area contributed by atoms with Gasteiger partial charge in [0.15, 0.2) is 6.10 Å². The first-order valence-corrected chi connectivity index (χ1v) is 11.7. The van der Waals surface area contributed by atoms with Gasteiger partial charge in [-0.3, -0.25) is 9.59 Å². The second-order valence-electron chi connectivity index (χ2n) is 9.35. The van der Waals surface area contributed by atoms with Crippen molar-refractivity contribution in [1.82, 2.24) is 10.6 Å². The molecule has 1 aliphatic heterocycles. The average Bonchev–Trinajstić information content (AvgIpc) is 3.38. The zero-order chi connectivity index (χ0) is 23.7. The van der Waals surface area contributed by atoms with Crippen molar-refractivity contribution in [3.63, 3.8) is 0 Å². The van der Waals surface area contributed by atoms with Crippen LogP contribution in [0.3, 0.4) is 0 Å². The molecular weight excluding hydrogens is 436 g/mol. The summed E-state index contributed by atoms with van der Waals surface area (Å²) >= 11 is 0. The van der Waals surface area contributed by atoms with Crippen LogP contribution in [-0.4, -0.2) is 54.0 Å². The molecule has 8 heteroatoms. The summed E-state index contributed by atoms with van der Waals surface area (Å²) < 4.78 is 11.2. The van der Waals surface area contributed by atoms with Gasteiger partial charge >= 0.3 is 12.1 Å². The lowest BCUT2D eigenvalue weighted by atomic mass is 9.74. The molecule has 178 valence electrons. The van der Waals surface area contributed by atoms with Gasteiger partial charge in [-0.25, -0.2) is 4.79 Å². The van der Waals surface area contributed by atoms with Crippen LogP contribution in [0, 0.1) is 0 Å². The minimum Gasteiger partial charge on any atom is -0.481 e. The van der Waals surface area contributed by atoms with Crippen molar-refractivity contribution in [3.05, 3.63) is 59.7 Å². The predicted octanol–water partition coefficient (Wildman–Crippen LogP) is 3.20. The number of benzene rings is 2. The van der Waals surface area contributed by atoms with Crippen LogP contribution >= 0.6 is 0 Å². The Labute approximate surface area is 197 Å². The summed E-state index contributed by atoms with van der Waals surface area (Å²) in [5, 5.41) is 14.8. The average molecular weight is 465 g/mol. The highest BCUT2D eigenvalue weighted by Gasteiger charge is 2.44. The van der Waals surface area contributed by atoms with Crippen LogP contribution < -0.4 is 10.6 Å². The summed E-state index contributed by atoms with van der Waals surface area (Å²) in [6.07, 6.45) is 1.03. The summed E-state index contributed by atoms with van der Waals surface area (Å²) in [5.74, 6) is -1.38. The van der Waals surface area contributed by atoms with E-state index in [1.165, 1.54) is 0 Å². The number of carboxylic acid groups (broad SMARTS) is 1. The molecule has 0 spiro atoms. The molecule has 1 saturated carbocycles. The van der Waals surface area contributed by atoms with Crippen molar-refractivity contribution >= 4 is 18.0 Å². The van der Waals surface area contributed by atoms with E-state index in [9.17, 15) is 19.5 Å². The van der Waals surface area contributed by atoms with E-state index >= 15 is 0 Å². The van der Waals surface area contributed by atoms with E-state index in [0.717, 1.165) is 28.7 Å². The molecule has 2 aromatic carbocycles. The molecule has 8 nitrogen and oxygen atoms in total. The molecule has 5 rings (SSSR count). The monoisotopic (exact) mass is 464 g/mol. The SMILES string of the molecule is O=C(O)CC1(NC(=O)C2OCCC2NC(=O)OCC2c3ccccc3-c3ccccc32)CCC1. The standard InChI is InChI=1S/C26H28N2O6/c29-22(30)14-26(11-5-12-26)28-24(31)23-21(10-13-33-23)27-25(32)34-15-20-18-8-3-1-6-16(18)17-7-2-4-9-19(17)20/h1-4,6-9,20-21,23H,5,10-15H2,(H,27,32)(H,28,31)(H,29,30). The van der Waals surface area contributed by atoms with Gasteiger partial charge in [-0.15, -0.1) is 0 Å². The molecule has 2 atom stereocenters. The van der Waals surface area contributed by atoms with Gasteiger partial charge in [0.2, 0.25) is 0 Å². The van der Waals surface area contributed by atoms with Gasteiger partial charge < -0.3 is 25.2 Å². The maximum absolute atomic E-state index is 12.8. The Morgan fingerprint density at radius 1 is 1.03 bits per heavy atom. The lowest BCUT2D eigenvalue weighted by Crippen LogP contribution is -2.59. The van der Waals surface area contributed by atoms with E-state index < -0.39 is 29.7 Å². The topological polar surface area (TPSA) is 114 Å². The Kier molecular flexibility index (Phi) is 6.00. The molecule has 1 heterocycles. The highest BCUT2D eigenvalue weighted by atomic mass is 16.6. The molecule has 0 bridgehead atoms. The highest BCUT2D eigenvalue weighted by molar-refractivity contribution is 5.84. The zero-order valence-corrected chi connectivity index (χ0v) is 18.8. The third kappa shape index (κ3) is 4.25. The number of rotatable bonds is 7. The number of hydrogen-bond acceptors (Lipinski definition) is 5. The molecule has 34 heavy (non-hydrogen) atoms. The van der Waals surface area contributed by atoms with Gasteiger partial charge in [-0.1, -0.05) is 48.5 Å². The van der Waals surface area contributed by atoms with Crippen molar-refractivity contribution in [2.45, 2.75) is 55.7 Å². The van der Waals surface area contributed by atoms with E-state index in [-0.39, 0.29) is 24.9 Å². The van der Waals surface area contributed by atoms with Crippen LogP contribution in [0.15, 0.2) is 48.5 Å². The molecule has 0 aromatic heterocycles. The molecule has 2 unspecified atom stereocenters. The normalized spacial score (nSPS) is 22.2. The largest absolute Gasteiger partial charge is 0.481 e. The minimum absolute atomic E-state index is 0.0495. The number of amides is 2. The summed E-state index contributed by atoms with van der Waals surface area (Å²) in [4.78, 5) is 36.7. The first-order chi connectivity index (χ1) is 16.5. The summed E-state index contributed by atoms with van der Waals surface area (Å²) in [7, 11) is 0. The Bertz CT molecular complexity index is 1070. The summed E-state index contributed by atoms with van der Waals surface area (Å²) in [6, 6.07) is 15.7. The van der Waals surface area contributed by atoms with Gasteiger partial charge in [0.05, 0.1) is 18.0 Å². The van der Waals surface area contributed by atoms with Crippen LogP contribution in [0.25, 0.3) is 11.1 Å². The number of carboxylic acids is 1. The Balaban J connectivity index is 1.20. The van der Waals surface area contributed by atoms with Crippen molar-refractivity contribution in [2.24, 2.45) is 0 Å². The van der Waals surface area contributed by atoms with Crippen LogP contribution in [0.2, 0.25) is 0 Å². The van der Waals surface area contributed by atoms with E-state index in [1.54, 1.807) is 0 Å². The number of nitrogens with one attached hydrogen (secondary N) is 2. The third-order valence-corrected chi connectivity index (χ3v) is 7.19. The number of ether oxygens (including phenoxy) is 2. The van der Waals surface area contributed by atoms with Crippen LogP contribution in [0.4, 0.5) is 4.79 Å². The molecule has 0 radical (unpaired) electrons. The van der Waals surface area contributed by atoms with E-state index in [2.05, 4.69) is 34.9 Å². The second-order valence-corrected chi connectivity index (χ2v) is 9.35. The maximum Gasteiger partial charge on any atom is 0.407 e. The second kappa shape index (κ2) is 9.10. The Morgan fingerprint density at radius 3 is 2.26 bits per heavy atom. The van der Waals surface area contributed by atoms with Crippen LogP contribution in [0.5, 0.6) is 0 Å². The predicted molar refractivity (Wildman–Crippen MR) is 123 cm³/mol. The number of hydrogen-bond donors (Lipinski definition) is 3. The number of alkyl carbamates (subject to hydrolysis) is 1. The quantitative estimate of drug-likeness (QED) is 0.580. The van der Waals surface area contributed by atoms with Gasteiger partial charge in [0.25, 0.3) is 5.91 Å². The number of aliphatic carboxylic acids is 1. The molecule has 3 aliphatic rings. The fourth-order valence-electron chi connectivity index (χ4n) is 5.36. The number of carbonyl (C=O) groups is 3. The Morgan fingerprint density at radius 2 is 1.68 bits per heavy atom.